The molecule has 6 heterocycles. The standard InChI is InChI=1S/C56H79F2NO13/c1-12-30(2)51-33(5)20-21-55(72-51)27-41-24-40(71-55)18-16-32(4)50(31(3)14-13-15-38-29-65-53-49(60)34(6)22-42(54(61)68-41)56(38,53)62)69-47-26-45(64-11)52(36(8)67-47)70-46-25-44(63-10)48(35(7)66-46)59(9)28-37-23-39(57)17-19-43(37)58/h13-17,19-23,30-31,33,35-36,40-42,44-53,60,62H,12,18,24-29H2,1-11H3/b14-13+,32-16+,38-15+/t30-,31-,33-,35+,36-,40+,41-,42-,44+,45-,46+,47-,48-,49+,50-,51+,52-,53+,55+,56+/m0/s1. The lowest BCUT2D eigenvalue weighted by Crippen LogP contribution is -2.58. The maximum absolute atomic E-state index is 14.6. The van der Waals surface area contributed by atoms with E-state index in [2.05, 4.69) is 39.8 Å². The van der Waals surface area contributed by atoms with Gasteiger partial charge in [-0.2, -0.15) is 0 Å². The van der Waals surface area contributed by atoms with E-state index < -0.39 is 96.3 Å². The molecule has 1 aromatic rings. The Morgan fingerprint density at radius 2 is 1.64 bits per heavy atom. The van der Waals surface area contributed by atoms with Gasteiger partial charge in [-0.05, 0) is 88.1 Å². The van der Waals surface area contributed by atoms with Gasteiger partial charge in [-0.3, -0.25) is 9.69 Å². The van der Waals surface area contributed by atoms with Gasteiger partial charge in [0.25, 0.3) is 0 Å². The lowest BCUT2D eigenvalue weighted by Gasteiger charge is -2.48. The van der Waals surface area contributed by atoms with Crippen LogP contribution in [0, 0.1) is 35.3 Å². The van der Waals surface area contributed by atoms with Crippen LogP contribution in [0.25, 0.3) is 0 Å². The van der Waals surface area contributed by atoms with Crippen molar-refractivity contribution in [2.45, 2.75) is 198 Å². The molecule has 2 bridgehead atoms. The van der Waals surface area contributed by atoms with Crippen molar-refractivity contribution in [2.75, 3.05) is 27.9 Å². The number of aliphatic hydroxyl groups excluding tert-OH is 1. The fraction of sp³-hybridized carbons (Fsp3) is 0.696. The first-order chi connectivity index (χ1) is 34.3. The molecule has 0 unspecified atom stereocenters. The Morgan fingerprint density at radius 1 is 0.917 bits per heavy atom. The largest absolute Gasteiger partial charge is 0.462 e. The van der Waals surface area contributed by atoms with Gasteiger partial charge in [0, 0.05) is 63.8 Å². The smallest absolute Gasteiger partial charge is 0.316 e. The average molecular weight is 1010 g/mol. The summed E-state index contributed by atoms with van der Waals surface area (Å²) in [5.74, 6) is -3.67. The number of halogens is 2. The van der Waals surface area contributed by atoms with E-state index in [-0.39, 0.29) is 67.2 Å². The van der Waals surface area contributed by atoms with Gasteiger partial charge in [0.15, 0.2) is 18.4 Å². The van der Waals surface area contributed by atoms with Crippen LogP contribution in [-0.2, 0) is 58.7 Å². The van der Waals surface area contributed by atoms with Crippen molar-refractivity contribution in [1.82, 2.24) is 4.90 Å². The number of likely N-dealkylation sites (N-methyl/N-ethyl adjacent to an activating group) is 1. The van der Waals surface area contributed by atoms with Gasteiger partial charge in [0.2, 0.25) is 0 Å². The fourth-order valence-corrected chi connectivity index (χ4v) is 12.2. The number of hydrogen-bond donors (Lipinski definition) is 2. The monoisotopic (exact) mass is 1010 g/mol. The molecule has 72 heavy (non-hydrogen) atoms. The minimum atomic E-state index is -1.86. The molecule has 6 aliphatic heterocycles. The topological polar surface area (TPSA) is 153 Å². The zero-order chi connectivity index (χ0) is 51.8. The Balaban J connectivity index is 1.02. The summed E-state index contributed by atoms with van der Waals surface area (Å²) in [5, 5.41) is 23.9. The van der Waals surface area contributed by atoms with Crippen LogP contribution in [0.3, 0.4) is 0 Å². The predicted octanol–water partition coefficient (Wildman–Crippen LogP) is 7.80. The van der Waals surface area contributed by atoms with Crippen molar-refractivity contribution in [1.29, 1.82) is 0 Å². The Kier molecular flexibility index (Phi) is 17.5. The highest BCUT2D eigenvalue weighted by molar-refractivity contribution is 5.78. The van der Waals surface area contributed by atoms with Crippen molar-refractivity contribution in [3.63, 3.8) is 0 Å². The van der Waals surface area contributed by atoms with E-state index >= 15 is 0 Å². The first kappa shape index (κ1) is 55.0. The van der Waals surface area contributed by atoms with Gasteiger partial charge in [-0.25, -0.2) is 8.78 Å². The van der Waals surface area contributed by atoms with Crippen LogP contribution < -0.4 is 0 Å². The zero-order valence-electron chi connectivity index (χ0n) is 43.9. The van der Waals surface area contributed by atoms with Crippen LogP contribution in [0.5, 0.6) is 0 Å². The molecule has 4 fully saturated rings. The third-order valence-corrected chi connectivity index (χ3v) is 16.4. The summed E-state index contributed by atoms with van der Waals surface area (Å²) in [6.45, 7) is 16.3. The van der Waals surface area contributed by atoms with Crippen molar-refractivity contribution < 1.29 is 71.2 Å². The van der Waals surface area contributed by atoms with Crippen molar-refractivity contribution in [3.8, 4) is 0 Å². The van der Waals surface area contributed by atoms with Crippen molar-refractivity contribution >= 4 is 5.97 Å². The van der Waals surface area contributed by atoms with Crippen LogP contribution in [0.2, 0.25) is 0 Å². The molecule has 7 aliphatic rings. The quantitative estimate of drug-likeness (QED) is 0.164. The number of rotatable bonds is 11. The average Bonchev–Trinajstić information content (AvgIpc) is 3.68. The molecule has 8 rings (SSSR count). The molecular formula is C56H79F2NO13. The third kappa shape index (κ3) is 11.5. The molecule has 16 heteroatoms. The lowest BCUT2D eigenvalue weighted by atomic mass is 9.71. The fourth-order valence-electron chi connectivity index (χ4n) is 12.2. The van der Waals surface area contributed by atoms with Crippen molar-refractivity contribution in [3.05, 3.63) is 94.6 Å². The Hall–Kier alpha value is -3.23. The minimum absolute atomic E-state index is 0.0127. The number of ether oxygens (including phenoxy) is 10. The minimum Gasteiger partial charge on any atom is -0.462 e. The van der Waals surface area contributed by atoms with Gasteiger partial charge in [-0.1, -0.05) is 70.6 Å². The number of benzene rings is 1. The molecule has 0 amide bonds. The molecule has 400 valence electrons. The summed E-state index contributed by atoms with van der Waals surface area (Å²) in [6.07, 6.45) is 8.88. The number of methoxy groups -OCH3 is 2. The highest BCUT2D eigenvalue weighted by atomic mass is 19.1. The van der Waals surface area contributed by atoms with E-state index in [1.807, 2.05) is 50.9 Å². The molecule has 1 aliphatic carbocycles. The summed E-state index contributed by atoms with van der Waals surface area (Å²) < 4.78 is 93.8. The number of nitrogens with zero attached hydrogens (tertiary/aromatic N) is 1. The molecule has 14 nitrogen and oxygen atoms in total. The molecule has 0 aromatic heterocycles. The van der Waals surface area contributed by atoms with E-state index in [1.165, 1.54) is 6.07 Å². The van der Waals surface area contributed by atoms with Crippen LogP contribution >= 0.6 is 0 Å². The van der Waals surface area contributed by atoms with E-state index in [1.54, 1.807) is 33.3 Å². The van der Waals surface area contributed by atoms with Crippen LogP contribution in [-0.4, -0.2) is 146 Å². The Labute approximate surface area is 424 Å². The first-order valence-electron chi connectivity index (χ1n) is 26.1. The Bertz CT molecular complexity index is 2220. The second kappa shape index (κ2) is 22.9. The van der Waals surface area contributed by atoms with Crippen LogP contribution in [0.1, 0.15) is 99.5 Å². The Morgan fingerprint density at radius 3 is 2.38 bits per heavy atom. The van der Waals surface area contributed by atoms with Crippen LogP contribution in [0.4, 0.5) is 8.78 Å². The molecular weight excluding hydrogens is 933 g/mol. The van der Waals surface area contributed by atoms with Gasteiger partial charge >= 0.3 is 5.97 Å². The molecule has 20 atom stereocenters. The molecule has 4 saturated heterocycles. The number of fused-ring (bicyclic) bond motifs is 2. The van der Waals surface area contributed by atoms with Gasteiger partial charge < -0.3 is 57.6 Å². The van der Waals surface area contributed by atoms with Crippen LogP contribution in [0.15, 0.2) is 77.5 Å². The van der Waals surface area contributed by atoms with E-state index in [9.17, 15) is 23.8 Å². The second-order valence-corrected chi connectivity index (χ2v) is 21.6. The number of hydrogen-bond acceptors (Lipinski definition) is 14. The maximum Gasteiger partial charge on any atom is 0.316 e. The second-order valence-electron chi connectivity index (χ2n) is 21.6. The molecule has 0 radical (unpaired) electrons. The summed E-state index contributed by atoms with van der Waals surface area (Å²) in [5.41, 5.74) is 0.304. The van der Waals surface area contributed by atoms with E-state index in [0.29, 0.717) is 36.8 Å². The molecule has 1 aromatic carbocycles. The van der Waals surface area contributed by atoms with Gasteiger partial charge in [0.05, 0.1) is 55.4 Å². The molecule has 2 N–H and O–H groups in total. The summed E-state index contributed by atoms with van der Waals surface area (Å²) in [6, 6.07) is 3.18. The third-order valence-electron chi connectivity index (χ3n) is 16.4. The first-order valence-corrected chi connectivity index (χ1v) is 26.1. The normalized spacial score (nSPS) is 44.0. The highest BCUT2D eigenvalue weighted by Crippen LogP contribution is 2.47. The number of carbonyl (C=O) groups excluding carboxylic acids is 1. The number of carbonyl (C=O) groups is 1. The van der Waals surface area contributed by atoms with Gasteiger partial charge in [-0.15, -0.1) is 0 Å². The number of esters is 1. The van der Waals surface area contributed by atoms with Gasteiger partial charge in [0.1, 0.15) is 47.6 Å². The summed E-state index contributed by atoms with van der Waals surface area (Å²) >= 11 is 0. The predicted molar refractivity (Wildman–Crippen MR) is 263 cm³/mol. The molecule has 0 saturated carbocycles. The highest BCUT2D eigenvalue weighted by Gasteiger charge is 2.60. The zero-order valence-corrected chi connectivity index (χ0v) is 43.9. The molecule has 1 spiro atoms. The lowest BCUT2D eigenvalue weighted by molar-refractivity contribution is -0.315. The van der Waals surface area contributed by atoms with E-state index in [4.69, 9.17) is 47.4 Å². The number of allylic oxidation sites excluding steroid dienone is 2. The van der Waals surface area contributed by atoms with Crippen molar-refractivity contribution in [2.24, 2.45) is 23.7 Å². The van der Waals surface area contributed by atoms with E-state index in [0.717, 1.165) is 24.1 Å². The SMILES string of the molecule is CC[C@H](C)[C@H]1O[C@]2(C=C[C@@H]1C)C[C@@H]1C[C@@H](C/C=C(\C)[C@@H](O[C@H]3C[C@H](OC)[C@@H](O[C@@H]4C[C@@H](OC)[C@@H](N(C)Cc5cc(F)ccc5F)[C@@H](C)O4)[C@H](C)O3)[C@@H](C)/C=C/C=C3\CO[C@@H]4[C@H](O)C(C)=C[C@@H](C(=O)O1)[C@]34O)O2. The number of aliphatic hydroxyl groups is 2. The summed E-state index contributed by atoms with van der Waals surface area (Å²) in [4.78, 5) is 16.4. The summed E-state index contributed by atoms with van der Waals surface area (Å²) in [7, 11) is 5.11. The maximum atomic E-state index is 14.6.